The first kappa shape index (κ1) is 11.7. The highest BCUT2D eigenvalue weighted by Crippen LogP contribution is 2.18. The highest BCUT2D eigenvalue weighted by atomic mass is 15.1. The molecule has 1 aromatic heterocycles. The number of nitrogens with one attached hydrogen (secondary N) is 2. The zero-order chi connectivity index (χ0) is 12.1. The summed E-state index contributed by atoms with van der Waals surface area (Å²) in [5, 5.41) is 10.4. The minimum Gasteiger partial charge on any atom is -0.377 e. The van der Waals surface area contributed by atoms with Crippen LogP contribution in [0.1, 0.15) is 37.6 Å². The van der Waals surface area contributed by atoms with Gasteiger partial charge in [0.05, 0.1) is 11.7 Å². The van der Waals surface area contributed by atoms with Gasteiger partial charge in [-0.1, -0.05) is 25.5 Å². The topological polar surface area (TPSA) is 40.7 Å². The predicted molar refractivity (Wildman–Crippen MR) is 71.1 cm³/mol. The number of aryl methyl sites for hydroxylation is 1. The summed E-state index contributed by atoms with van der Waals surface area (Å²) in [7, 11) is 0. The van der Waals surface area contributed by atoms with Crippen molar-refractivity contribution in [3.8, 4) is 0 Å². The van der Waals surface area contributed by atoms with Crippen LogP contribution in [0.2, 0.25) is 0 Å². The molecular formula is C14H19N3. The number of nitrogens with zero attached hydrogens (tertiary/aromatic N) is 1. The van der Waals surface area contributed by atoms with E-state index >= 15 is 0 Å². The number of anilines is 1. The van der Waals surface area contributed by atoms with Gasteiger partial charge in [-0.2, -0.15) is 5.10 Å². The Bertz CT molecular complexity index is 431. The maximum atomic E-state index is 3.96. The number of aromatic amines is 1. The summed E-state index contributed by atoms with van der Waals surface area (Å²) in [5.41, 5.74) is 3.64. The van der Waals surface area contributed by atoms with Crippen molar-refractivity contribution in [3.05, 3.63) is 47.8 Å². The van der Waals surface area contributed by atoms with Crippen molar-refractivity contribution < 1.29 is 0 Å². The molecule has 0 saturated heterocycles. The fourth-order valence-electron chi connectivity index (χ4n) is 1.89. The standard InChI is InChI=1S/C14H19N3/c1-3-4-12-5-7-13(8-6-12)16-11(2)14-9-10-15-17-14/h5-11,16H,3-4H2,1-2H3,(H,15,17). The van der Waals surface area contributed by atoms with Crippen molar-refractivity contribution in [1.29, 1.82) is 0 Å². The molecule has 2 N–H and O–H groups in total. The van der Waals surface area contributed by atoms with Crippen LogP contribution in [0.5, 0.6) is 0 Å². The average Bonchev–Trinajstić information content (AvgIpc) is 2.86. The lowest BCUT2D eigenvalue weighted by atomic mass is 10.1. The second-order valence-electron chi connectivity index (χ2n) is 4.32. The van der Waals surface area contributed by atoms with Crippen molar-refractivity contribution in [3.63, 3.8) is 0 Å². The first-order chi connectivity index (χ1) is 8.29. The summed E-state index contributed by atoms with van der Waals surface area (Å²) < 4.78 is 0. The molecule has 1 atom stereocenters. The molecule has 0 fully saturated rings. The van der Waals surface area contributed by atoms with Gasteiger partial charge in [-0.05, 0) is 37.1 Å². The van der Waals surface area contributed by atoms with E-state index in [9.17, 15) is 0 Å². The van der Waals surface area contributed by atoms with Gasteiger partial charge < -0.3 is 5.32 Å². The Kier molecular flexibility index (Phi) is 3.81. The van der Waals surface area contributed by atoms with Gasteiger partial charge in [0.1, 0.15) is 0 Å². The summed E-state index contributed by atoms with van der Waals surface area (Å²) in [6.45, 7) is 4.32. The average molecular weight is 229 g/mol. The SMILES string of the molecule is CCCc1ccc(NC(C)c2ccn[nH]2)cc1. The number of rotatable bonds is 5. The lowest BCUT2D eigenvalue weighted by molar-refractivity contribution is 0.825. The van der Waals surface area contributed by atoms with Crippen molar-refractivity contribution >= 4 is 5.69 Å². The predicted octanol–water partition coefficient (Wildman–Crippen LogP) is 3.54. The highest BCUT2D eigenvalue weighted by molar-refractivity contribution is 5.46. The molecule has 0 bridgehead atoms. The first-order valence-corrected chi connectivity index (χ1v) is 6.14. The van der Waals surface area contributed by atoms with E-state index < -0.39 is 0 Å². The molecule has 0 radical (unpaired) electrons. The Labute approximate surface area is 102 Å². The lowest BCUT2D eigenvalue weighted by Crippen LogP contribution is -2.06. The monoisotopic (exact) mass is 229 g/mol. The van der Waals surface area contributed by atoms with Crippen LogP contribution in [0.3, 0.4) is 0 Å². The molecule has 1 aromatic carbocycles. The van der Waals surface area contributed by atoms with Gasteiger partial charge in [-0.3, -0.25) is 5.10 Å². The quantitative estimate of drug-likeness (QED) is 0.823. The van der Waals surface area contributed by atoms with Gasteiger partial charge in [0, 0.05) is 11.9 Å². The zero-order valence-corrected chi connectivity index (χ0v) is 10.4. The zero-order valence-electron chi connectivity index (χ0n) is 10.4. The van der Waals surface area contributed by atoms with Gasteiger partial charge in [0.25, 0.3) is 0 Å². The molecule has 2 rings (SSSR count). The molecule has 1 unspecified atom stereocenters. The van der Waals surface area contributed by atoms with Gasteiger partial charge in [-0.15, -0.1) is 0 Å². The third kappa shape index (κ3) is 3.09. The lowest BCUT2D eigenvalue weighted by Gasteiger charge is -2.13. The first-order valence-electron chi connectivity index (χ1n) is 6.14. The molecule has 0 aliphatic carbocycles. The summed E-state index contributed by atoms with van der Waals surface area (Å²) >= 11 is 0. The Morgan fingerprint density at radius 3 is 2.59 bits per heavy atom. The van der Waals surface area contributed by atoms with Crippen molar-refractivity contribution in [2.45, 2.75) is 32.7 Å². The third-order valence-electron chi connectivity index (χ3n) is 2.86. The molecule has 0 saturated carbocycles. The van der Waals surface area contributed by atoms with Gasteiger partial charge in [0.2, 0.25) is 0 Å². The molecule has 2 aromatic rings. The molecule has 17 heavy (non-hydrogen) atoms. The van der Waals surface area contributed by atoms with Crippen LogP contribution in [0, 0.1) is 0 Å². The van der Waals surface area contributed by atoms with Crippen molar-refractivity contribution in [2.75, 3.05) is 5.32 Å². The molecule has 3 heteroatoms. The Morgan fingerprint density at radius 1 is 1.24 bits per heavy atom. The van der Waals surface area contributed by atoms with E-state index in [2.05, 4.69) is 53.6 Å². The van der Waals surface area contributed by atoms with Crippen LogP contribution >= 0.6 is 0 Å². The summed E-state index contributed by atoms with van der Waals surface area (Å²) in [4.78, 5) is 0. The van der Waals surface area contributed by atoms with Gasteiger partial charge in [-0.25, -0.2) is 0 Å². The molecule has 0 aliphatic rings. The Hall–Kier alpha value is -1.77. The van der Waals surface area contributed by atoms with E-state index in [-0.39, 0.29) is 6.04 Å². The van der Waals surface area contributed by atoms with Crippen LogP contribution in [0.4, 0.5) is 5.69 Å². The maximum absolute atomic E-state index is 3.96. The van der Waals surface area contributed by atoms with Crippen LogP contribution in [-0.2, 0) is 6.42 Å². The van der Waals surface area contributed by atoms with E-state index in [0.29, 0.717) is 0 Å². The smallest absolute Gasteiger partial charge is 0.0651 e. The molecule has 0 aliphatic heterocycles. The molecular weight excluding hydrogens is 210 g/mol. The van der Waals surface area contributed by atoms with Crippen LogP contribution in [-0.4, -0.2) is 10.2 Å². The van der Waals surface area contributed by atoms with Crippen molar-refractivity contribution in [1.82, 2.24) is 10.2 Å². The van der Waals surface area contributed by atoms with Crippen molar-refractivity contribution in [2.24, 2.45) is 0 Å². The van der Waals surface area contributed by atoms with Gasteiger partial charge >= 0.3 is 0 Å². The highest BCUT2D eigenvalue weighted by Gasteiger charge is 2.05. The summed E-state index contributed by atoms with van der Waals surface area (Å²) in [6.07, 6.45) is 4.12. The largest absolute Gasteiger partial charge is 0.377 e. The fourth-order valence-corrected chi connectivity index (χ4v) is 1.89. The number of H-pyrrole nitrogens is 1. The van der Waals surface area contributed by atoms with E-state index in [4.69, 9.17) is 0 Å². The van der Waals surface area contributed by atoms with E-state index in [1.165, 1.54) is 12.0 Å². The molecule has 90 valence electrons. The maximum Gasteiger partial charge on any atom is 0.0651 e. The number of benzene rings is 1. The Morgan fingerprint density at radius 2 is 2.00 bits per heavy atom. The fraction of sp³-hybridized carbons (Fsp3) is 0.357. The van der Waals surface area contributed by atoms with E-state index in [1.807, 2.05) is 6.07 Å². The molecule has 0 spiro atoms. The number of hydrogen-bond acceptors (Lipinski definition) is 2. The molecule has 3 nitrogen and oxygen atoms in total. The van der Waals surface area contributed by atoms with Crippen LogP contribution < -0.4 is 5.32 Å². The number of aromatic nitrogens is 2. The van der Waals surface area contributed by atoms with Gasteiger partial charge in [0.15, 0.2) is 0 Å². The normalized spacial score (nSPS) is 12.4. The van der Waals surface area contributed by atoms with Crippen LogP contribution in [0.15, 0.2) is 36.5 Å². The van der Waals surface area contributed by atoms with Crippen LogP contribution in [0.25, 0.3) is 0 Å². The Balaban J connectivity index is 1.99. The molecule has 0 amide bonds. The minimum absolute atomic E-state index is 0.245. The minimum atomic E-state index is 0.245. The third-order valence-corrected chi connectivity index (χ3v) is 2.86. The summed E-state index contributed by atoms with van der Waals surface area (Å²) in [6, 6.07) is 10.9. The number of hydrogen-bond donors (Lipinski definition) is 2. The molecule has 1 heterocycles. The second kappa shape index (κ2) is 5.53. The summed E-state index contributed by atoms with van der Waals surface area (Å²) in [5.74, 6) is 0. The van der Waals surface area contributed by atoms with E-state index in [1.54, 1.807) is 6.20 Å². The van der Waals surface area contributed by atoms with E-state index in [0.717, 1.165) is 17.8 Å². The second-order valence-corrected chi connectivity index (χ2v) is 4.32.